The lowest BCUT2D eigenvalue weighted by Gasteiger charge is -1.91. The highest BCUT2D eigenvalue weighted by molar-refractivity contribution is 7.22. The molecule has 0 spiro atoms. The van der Waals surface area contributed by atoms with E-state index >= 15 is 0 Å². The van der Waals surface area contributed by atoms with Crippen molar-refractivity contribution in [1.82, 2.24) is 4.98 Å². The minimum Gasteiger partial charge on any atom is -0.302 e. The van der Waals surface area contributed by atoms with Gasteiger partial charge in [-0.25, -0.2) is 4.98 Å². The summed E-state index contributed by atoms with van der Waals surface area (Å²) in [5.41, 5.74) is 0.927. The zero-order valence-corrected chi connectivity index (χ0v) is 9.89. The summed E-state index contributed by atoms with van der Waals surface area (Å²) in [6.45, 7) is 5.48. The first-order valence-electron chi connectivity index (χ1n) is 4.89. The number of para-hydroxylation sites is 1. The molecule has 0 saturated heterocycles. The fraction of sp³-hybridized carbons (Fsp3) is 0.273. The Morgan fingerprint density at radius 2 is 2.00 bits per heavy atom. The van der Waals surface area contributed by atoms with Gasteiger partial charge in [-0.05, 0) is 12.1 Å². The Morgan fingerprint density at radius 3 is 2.60 bits per heavy atom. The number of anilines is 1. The molecule has 4 heteroatoms. The number of aromatic nitrogens is 1. The van der Waals surface area contributed by atoms with Crippen molar-refractivity contribution >= 4 is 32.6 Å². The number of thiazole rings is 1. The number of nitrogens with zero attached hydrogens (tertiary/aromatic N) is 1. The minimum absolute atomic E-state index is 0.0842. The van der Waals surface area contributed by atoms with Crippen LogP contribution in [-0.2, 0) is 4.79 Å². The van der Waals surface area contributed by atoms with Crippen molar-refractivity contribution in [3.05, 3.63) is 24.3 Å². The van der Waals surface area contributed by atoms with E-state index in [2.05, 4.69) is 10.3 Å². The third kappa shape index (κ3) is 3.02. The highest BCUT2D eigenvalue weighted by Crippen LogP contribution is 2.24. The molecule has 0 radical (unpaired) electrons. The van der Waals surface area contributed by atoms with Gasteiger partial charge in [0.1, 0.15) is 0 Å². The van der Waals surface area contributed by atoms with Gasteiger partial charge in [0, 0.05) is 6.92 Å². The highest BCUT2D eigenvalue weighted by Gasteiger charge is 2.02. The van der Waals surface area contributed by atoms with Crippen molar-refractivity contribution in [2.45, 2.75) is 20.8 Å². The molecule has 2 aromatic rings. The second-order valence-corrected chi connectivity index (χ2v) is 3.70. The maximum absolute atomic E-state index is 10.7. The smallest absolute Gasteiger partial charge is 0.223 e. The second-order valence-electron chi connectivity index (χ2n) is 2.67. The maximum Gasteiger partial charge on any atom is 0.223 e. The first-order valence-corrected chi connectivity index (χ1v) is 5.70. The molecular weight excluding hydrogens is 208 g/mol. The van der Waals surface area contributed by atoms with Gasteiger partial charge in [0.05, 0.1) is 10.2 Å². The maximum atomic E-state index is 10.7. The van der Waals surface area contributed by atoms with E-state index in [1.54, 1.807) is 0 Å². The lowest BCUT2D eigenvalue weighted by molar-refractivity contribution is -0.114. The lowest BCUT2D eigenvalue weighted by Crippen LogP contribution is -2.04. The standard InChI is InChI=1S/C9H8N2OS.C2H6/c1-6(12)10-9-11-7-4-2-3-5-8(7)13-9;1-2/h2-5H,1H3,(H,10,11,12);1-2H3. The molecule has 1 aromatic heterocycles. The van der Waals surface area contributed by atoms with E-state index < -0.39 is 0 Å². The third-order valence-electron chi connectivity index (χ3n) is 1.58. The molecule has 1 aromatic carbocycles. The molecule has 0 bridgehead atoms. The van der Waals surface area contributed by atoms with Crippen molar-refractivity contribution in [2.75, 3.05) is 5.32 Å². The summed E-state index contributed by atoms with van der Waals surface area (Å²) in [5.74, 6) is -0.0842. The fourth-order valence-electron chi connectivity index (χ4n) is 1.08. The van der Waals surface area contributed by atoms with Crippen LogP contribution < -0.4 is 5.32 Å². The average molecular weight is 222 g/mol. The molecule has 0 aliphatic heterocycles. The zero-order valence-electron chi connectivity index (χ0n) is 9.07. The summed E-state index contributed by atoms with van der Waals surface area (Å²) in [6.07, 6.45) is 0. The fourth-order valence-corrected chi connectivity index (χ4v) is 1.99. The summed E-state index contributed by atoms with van der Waals surface area (Å²) in [6, 6.07) is 7.80. The van der Waals surface area contributed by atoms with Crippen LogP contribution in [-0.4, -0.2) is 10.9 Å². The Bertz CT molecular complexity index is 418. The topological polar surface area (TPSA) is 42.0 Å². The van der Waals surface area contributed by atoms with Crippen LogP contribution in [0.15, 0.2) is 24.3 Å². The van der Waals surface area contributed by atoms with Gasteiger partial charge in [-0.3, -0.25) is 4.79 Å². The van der Waals surface area contributed by atoms with E-state index in [1.807, 2.05) is 38.1 Å². The van der Waals surface area contributed by atoms with Crippen LogP contribution in [0.4, 0.5) is 5.13 Å². The van der Waals surface area contributed by atoms with Gasteiger partial charge in [0.25, 0.3) is 0 Å². The molecule has 0 aliphatic rings. The number of carbonyl (C=O) groups is 1. The summed E-state index contributed by atoms with van der Waals surface area (Å²) in [4.78, 5) is 15.0. The minimum atomic E-state index is -0.0842. The normalized spacial score (nSPS) is 9.27. The van der Waals surface area contributed by atoms with E-state index in [-0.39, 0.29) is 5.91 Å². The molecule has 15 heavy (non-hydrogen) atoms. The molecule has 0 unspecified atom stereocenters. The molecule has 2 rings (SSSR count). The Balaban J connectivity index is 0.000000531. The monoisotopic (exact) mass is 222 g/mol. The van der Waals surface area contributed by atoms with Crippen molar-refractivity contribution in [3.63, 3.8) is 0 Å². The summed E-state index contributed by atoms with van der Waals surface area (Å²) in [5, 5.41) is 3.32. The van der Waals surface area contributed by atoms with Crippen molar-refractivity contribution in [1.29, 1.82) is 0 Å². The number of amides is 1. The van der Waals surface area contributed by atoms with Gasteiger partial charge in [0.2, 0.25) is 5.91 Å². The predicted octanol–water partition coefficient (Wildman–Crippen LogP) is 3.28. The Labute approximate surface area is 93.2 Å². The van der Waals surface area contributed by atoms with Crippen molar-refractivity contribution < 1.29 is 4.79 Å². The summed E-state index contributed by atoms with van der Waals surface area (Å²) < 4.78 is 1.09. The van der Waals surface area contributed by atoms with E-state index in [0.29, 0.717) is 5.13 Å². The number of fused-ring (bicyclic) bond motifs is 1. The molecule has 1 amide bonds. The third-order valence-corrected chi connectivity index (χ3v) is 2.53. The van der Waals surface area contributed by atoms with Gasteiger partial charge in [-0.2, -0.15) is 0 Å². The van der Waals surface area contributed by atoms with Crippen LogP contribution in [0.5, 0.6) is 0 Å². The molecule has 0 fully saturated rings. The number of hydrogen-bond acceptors (Lipinski definition) is 3. The molecule has 1 heterocycles. The largest absolute Gasteiger partial charge is 0.302 e. The van der Waals surface area contributed by atoms with Crippen molar-refractivity contribution in [2.24, 2.45) is 0 Å². The number of rotatable bonds is 1. The van der Waals surface area contributed by atoms with Gasteiger partial charge in [-0.15, -0.1) is 0 Å². The van der Waals surface area contributed by atoms with E-state index in [0.717, 1.165) is 10.2 Å². The van der Waals surface area contributed by atoms with E-state index in [4.69, 9.17) is 0 Å². The Kier molecular flexibility index (Phi) is 4.24. The molecule has 0 atom stereocenters. The van der Waals surface area contributed by atoms with Crippen LogP contribution >= 0.6 is 11.3 Å². The van der Waals surface area contributed by atoms with Gasteiger partial charge < -0.3 is 5.32 Å². The van der Waals surface area contributed by atoms with Crippen LogP contribution in [0, 0.1) is 0 Å². The van der Waals surface area contributed by atoms with E-state index in [1.165, 1.54) is 18.3 Å². The molecule has 0 aliphatic carbocycles. The molecule has 0 saturated carbocycles. The number of benzene rings is 1. The van der Waals surface area contributed by atoms with Gasteiger partial charge in [0.15, 0.2) is 5.13 Å². The summed E-state index contributed by atoms with van der Waals surface area (Å²) in [7, 11) is 0. The number of carbonyl (C=O) groups excluding carboxylic acids is 1. The van der Waals surface area contributed by atoms with Gasteiger partial charge in [-0.1, -0.05) is 37.3 Å². The first-order chi connectivity index (χ1) is 7.25. The molecule has 1 N–H and O–H groups in total. The molecule has 3 nitrogen and oxygen atoms in total. The first kappa shape index (κ1) is 11.7. The quantitative estimate of drug-likeness (QED) is 0.804. The van der Waals surface area contributed by atoms with Crippen LogP contribution in [0.2, 0.25) is 0 Å². The predicted molar refractivity (Wildman–Crippen MR) is 65.3 cm³/mol. The van der Waals surface area contributed by atoms with Crippen molar-refractivity contribution in [3.8, 4) is 0 Å². The second kappa shape index (κ2) is 5.46. The lowest BCUT2D eigenvalue weighted by atomic mass is 10.3. The summed E-state index contributed by atoms with van der Waals surface area (Å²) >= 11 is 1.48. The number of hydrogen-bond donors (Lipinski definition) is 1. The van der Waals surface area contributed by atoms with Crippen LogP contribution in [0.25, 0.3) is 10.2 Å². The Hall–Kier alpha value is -1.42. The van der Waals surface area contributed by atoms with E-state index in [9.17, 15) is 4.79 Å². The zero-order chi connectivity index (χ0) is 11.3. The molecule has 80 valence electrons. The SMILES string of the molecule is CC.CC(=O)Nc1nc2ccccc2s1. The number of nitrogens with one attached hydrogen (secondary N) is 1. The Morgan fingerprint density at radius 1 is 1.33 bits per heavy atom. The highest BCUT2D eigenvalue weighted by atomic mass is 32.1. The average Bonchev–Trinajstić information content (AvgIpc) is 2.61. The van der Waals surface area contributed by atoms with Crippen LogP contribution in [0.1, 0.15) is 20.8 Å². The van der Waals surface area contributed by atoms with Crippen LogP contribution in [0.3, 0.4) is 0 Å². The molecular formula is C11H14N2OS. The van der Waals surface area contributed by atoms with Gasteiger partial charge >= 0.3 is 0 Å².